The van der Waals surface area contributed by atoms with Crippen molar-refractivity contribution in [3.63, 3.8) is 0 Å². The molecule has 0 unspecified atom stereocenters. The van der Waals surface area contributed by atoms with E-state index in [0.29, 0.717) is 13.2 Å². The van der Waals surface area contributed by atoms with Crippen LogP contribution in [0.3, 0.4) is 0 Å². The van der Waals surface area contributed by atoms with E-state index < -0.39 is 0 Å². The lowest BCUT2D eigenvalue weighted by Crippen LogP contribution is -3.00. The number of halogens is 1. The second kappa shape index (κ2) is 7.75. The zero-order chi connectivity index (χ0) is 11.9. The van der Waals surface area contributed by atoms with Gasteiger partial charge in [-0.15, -0.1) is 0 Å². The van der Waals surface area contributed by atoms with E-state index in [1.807, 2.05) is 24.3 Å². The molecule has 0 heterocycles. The van der Waals surface area contributed by atoms with Crippen molar-refractivity contribution in [2.24, 2.45) is 5.73 Å². The smallest absolute Gasteiger partial charge is 0.122 e. The van der Waals surface area contributed by atoms with E-state index in [1.54, 1.807) is 0 Å². The summed E-state index contributed by atoms with van der Waals surface area (Å²) in [7, 11) is 0. The molecule has 0 saturated carbocycles. The highest BCUT2D eigenvalue weighted by molar-refractivity contribution is 5.37. The highest BCUT2D eigenvalue weighted by atomic mass is 35.5. The van der Waals surface area contributed by atoms with Crippen molar-refractivity contribution in [1.29, 1.82) is 0 Å². The summed E-state index contributed by atoms with van der Waals surface area (Å²) in [6, 6.07) is 18.5. The van der Waals surface area contributed by atoms with E-state index in [1.165, 1.54) is 11.1 Å². The zero-order valence-corrected chi connectivity index (χ0v) is 10.9. The van der Waals surface area contributed by atoms with Crippen LogP contribution >= 0.6 is 0 Å². The van der Waals surface area contributed by atoms with Gasteiger partial charge >= 0.3 is 0 Å². The Bertz CT molecular complexity index is 459. The van der Waals surface area contributed by atoms with Crippen molar-refractivity contribution in [2.45, 2.75) is 6.42 Å². The van der Waals surface area contributed by atoms with Gasteiger partial charge in [0.2, 0.25) is 0 Å². The molecule has 96 valence electrons. The Morgan fingerprint density at radius 1 is 0.889 bits per heavy atom. The third-order valence-electron chi connectivity index (χ3n) is 2.59. The number of hydrogen-bond donors (Lipinski definition) is 1. The summed E-state index contributed by atoms with van der Waals surface area (Å²) in [5.74, 6) is 0.932. The summed E-state index contributed by atoms with van der Waals surface area (Å²) in [5.41, 5.74) is 7.94. The quantitative estimate of drug-likeness (QED) is 0.797. The van der Waals surface area contributed by atoms with Crippen LogP contribution < -0.4 is 22.9 Å². The van der Waals surface area contributed by atoms with Gasteiger partial charge in [-0.25, -0.2) is 0 Å². The first kappa shape index (κ1) is 14.6. The minimum absolute atomic E-state index is 0. The molecule has 2 nitrogen and oxygen atoms in total. The van der Waals surface area contributed by atoms with Crippen molar-refractivity contribution in [2.75, 3.05) is 13.2 Å². The van der Waals surface area contributed by atoms with Crippen LogP contribution in [-0.2, 0) is 6.42 Å². The number of benzene rings is 2. The predicted molar refractivity (Wildman–Crippen MR) is 70.2 cm³/mol. The highest BCUT2D eigenvalue weighted by Crippen LogP contribution is 2.21. The van der Waals surface area contributed by atoms with Gasteiger partial charge in [-0.05, 0) is 17.2 Å². The summed E-state index contributed by atoms with van der Waals surface area (Å²) in [5, 5.41) is 0. The van der Waals surface area contributed by atoms with Gasteiger partial charge in [0.25, 0.3) is 0 Å². The molecule has 0 fully saturated rings. The first-order chi connectivity index (χ1) is 8.40. The molecule has 0 spiro atoms. The Morgan fingerprint density at radius 3 is 2.28 bits per heavy atom. The molecule has 0 aliphatic carbocycles. The summed E-state index contributed by atoms with van der Waals surface area (Å²) >= 11 is 0. The molecule has 0 aliphatic rings. The number of para-hydroxylation sites is 1. The molecule has 0 aliphatic heterocycles. The second-order valence-corrected chi connectivity index (χ2v) is 3.91. The summed E-state index contributed by atoms with van der Waals surface area (Å²) in [6.45, 7) is 1.10. The molecule has 0 aromatic heterocycles. The van der Waals surface area contributed by atoms with Crippen LogP contribution in [-0.4, -0.2) is 13.2 Å². The number of rotatable bonds is 5. The monoisotopic (exact) mass is 262 g/mol. The lowest BCUT2D eigenvalue weighted by Gasteiger charge is -2.10. The van der Waals surface area contributed by atoms with Crippen molar-refractivity contribution in [1.82, 2.24) is 0 Å². The maximum Gasteiger partial charge on any atom is 0.122 e. The van der Waals surface area contributed by atoms with Crippen LogP contribution in [0, 0.1) is 0 Å². The van der Waals surface area contributed by atoms with Gasteiger partial charge in [-0.2, -0.15) is 0 Å². The first-order valence-electron chi connectivity index (χ1n) is 5.85. The fourth-order valence-corrected chi connectivity index (χ4v) is 1.78. The maximum absolute atomic E-state index is 5.63. The van der Waals surface area contributed by atoms with Gasteiger partial charge in [-0.3, -0.25) is 0 Å². The average molecular weight is 263 g/mol. The topological polar surface area (TPSA) is 35.2 Å². The Kier molecular flexibility index (Phi) is 6.26. The van der Waals surface area contributed by atoms with Crippen molar-refractivity contribution < 1.29 is 17.1 Å². The van der Waals surface area contributed by atoms with Gasteiger partial charge in [0.1, 0.15) is 12.4 Å². The molecule has 2 rings (SSSR count). The normalized spacial score (nSPS) is 9.61. The second-order valence-electron chi connectivity index (χ2n) is 3.91. The van der Waals surface area contributed by atoms with Crippen LogP contribution in [0.2, 0.25) is 0 Å². The third-order valence-corrected chi connectivity index (χ3v) is 2.59. The van der Waals surface area contributed by atoms with Crippen LogP contribution in [0.4, 0.5) is 0 Å². The van der Waals surface area contributed by atoms with Crippen molar-refractivity contribution >= 4 is 0 Å². The lowest BCUT2D eigenvalue weighted by atomic mass is 10.0. The Labute approximate surface area is 114 Å². The zero-order valence-electron chi connectivity index (χ0n) is 10.2. The standard InChI is InChI=1S/C15H17NO.ClH/c16-10-11-17-15-9-5-4-8-14(15)12-13-6-2-1-3-7-13;/h1-9H,10-12,16H2;1H/p-1. The number of ether oxygens (including phenoxy) is 1. The maximum atomic E-state index is 5.63. The molecule has 0 amide bonds. The Morgan fingerprint density at radius 2 is 1.56 bits per heavy atom. The molecule has 18 heavy (non-hydrogen) atoms. The molecule has 3 heteroatoms. The summed E-state index contributed by atoms with van der Waals surface area (Å²) in [6.07, 6.45) is 0.890. The van der Waals surface area contributed by atoms with E-state index in [9.17, 15) is 0 Å². The van der Waals surface area contributed by atoms with E-state index in [-0.39, 0.29) is 12.4 Å². The number of nitrogens with two attached hydrogens (primary N) is 1. The van der Waals surface area contributed by atoms with Gasteiger partial charge in [-0.1, -0.05) is 48.5 Å². The molecule has 0 atom stereocenters. The molecule has 0 radical (unpaired) electrons. The molecular weight excluding hydrogens is 246 g/mol. The van der Waals surface area contributed by atoms with Crippen LogP contribution in [0.1, 0.15) is 11.1 Å². The third kappa shape index (κ3) is 4.06. The van der Waals surface area contributed by atoms with Crippen LogP contribution in [0.5, 0.6) is 5.75 Å². The van der Waals surface area contributed by atoms with Gasteiger partial charge in [0.15, 0.2) is 0 Å². The Balaban J connectivity index is 0.00000162. The van der Waals surface area contributed by atoms with Crippen molar-refractivity contribution in [3.8, 4) is 5.75 Å². The fraction of sp³-hybridized carbons (Fsp3) is 0.200. The van der Waals surface area contributed by atoms with Crippen LogP contribution in [0.25, 0.3) is 0 Å². The summed E-state index contributed by atoms with van der Waals surface area (Å²) in [4.78, 5) is 0. The minimum Gasteiger partial charge on any atom is -1.00 e. The molecule has 2 aromatic carbocycles. The fourth-order valence-electron chi connectivity index (χ4n) is 1.78. The largest absolute Gasteiger partial charge is 1.00 e. The molecule has 0 saturated heterocycles. The SMILES string of the molecule is NCCOc1ccccc1Cc1ccccc1.[Cl-]. The molecule has 0 bridgehead atoms. The predicted octanol–water partition coefficient (Wildman–Crippen LogP) is -0.381. The first-order valence-corrected chi connectivity index (χ1v) is 5.85. The Hall–Kier alpha value is -1.51. The van der Waals surface area contributed by atoms with E-state index in [2.05, 4.69) is 30.3 Å². The van der Waals surface area contributed by atoms with Gasteiger partial charge in [0.05, 0.1) is 0 Å². The van der Waals surface area contributed by atoms with Gasteiger partial charge < -0.3 is 22.9 Å². The lowest BCUT2D eigenvalue weighted by molar-refractivity contribution is -0.00000389. The van der Waals surface area contributed by atoms with Gasteiger partial charge in [0, 0.05) is 13.0 Å². The van der Waals surface area contributed by atoms with E-state index in [4.69, 9.17) is 10.5 Å². The van der Waals surface area contributed by atoms with E-state index in [0.717, 1.165) is 12.2 Å². The van der Waals surface area contributed by atoms with Crippen molar-refractivity contribution in [3.05, 3.63) is 65.7 Å². The van der Waals surface area contributed by atoms with Crippen LogP contribution in [0.15, 0.2) is 54.6 Å². The van der Waals surface area contributed by atoms with E-state index >= 15 is 0 Å². The average Bonchev–Trinajstić information content (AvgIpc) is 2.39. The highest BCUT2D eigenvalue weighted by Gasteiger charge is 2.03. The molecular formula is C15H17ClNO-. The molecule has 2 aromatic rings. The summed E-state index contributed by atoms with van der Waals surface area (Å²) < 4.78 is 5.63. The molecule has 2 N–H and O–H groups in total. The minimum atomic E-state index is 0. The number of hydrogen-bond acceptors (Lipinski definition) is 2.